The van der Waals surface area contributed by atoms with Gasteiger partial charge in [0.2, 0.25) is 0 Å². The first-order valence-electron chi connectivity index (χ1n) is 8.00. The molecule has 0 spiro atoms. The molecule has 2 aromatic rings. The minimum atomic E-state index is -0.604. The summed E-state index contributed by atoms with van der Waals surface area (Å²) < 4.78 is 0. The predicted molar refractivity (Wildman–Crippen MR) is 87.5 cm³/mol. The number of hydrogen-bond acceptors (Lipinski definition) is 1. The average Bonchev–Trinajstić information content (AvgIpc) is 2.48. The van der Waals surface area contributed by atoms with Crippen molar-refractivity contribution in [2.45, 2.75) is 50.5 Å². The van der Waals surface area contributed by atoms with Crippen LogP contribution in [0.1, 0.15) is 48.3 Å². The minimum absolute atomic E-state index is 0.257. The van der Waals surface area contributed by atoms with Gasteiger partial charge in [0.05, 0.1) is 5.60 Å². The van der Waals surface area contributed by atoms with E-state index >= 15 is 0 Å². The van der Waals surface area contributed by atoms with Gasteiger partial charge in [-0.15, -0.1) is 0 Å². The first kappa shape index (κ1) is 14.3. The molecule has 0 bridgehead atoms. The third kappa shape index (κ3) is 3.19. The van der Waals surface area contributed by atoms with Crippen molar-refractivity contribution in [3.8, 4) is 0 Å². The molecule has 2 unspecified atom stereocenters. The first-order chi connectivity index (χ1) is 10.2. The van der Waals surface area contributed by atoms with Gasteiger partial charge < -0.3 is 5.11 Å². The van der Waals surface area contributed by atoms with Gasteiger partial charge in [0.1, 0.15) is 0 Å². The summed E-state index contributed by atoms with van der Waals surface area (Å²) in [4.78, 5) is 0. The fourth-order valence-corrected chi connectivity index (χ4v) is 3.77. The summed E-state index contributed by atoms with van der Waals surface area (Å²) in [5.41, 5.74) is 3.20. The highest BCUT2D eigenvalue weighted by Gasteiger charge is 2.39. The van der Waals surface area contributed by atoms with Crippen LogP contribution in [0.25, 0.3) is 0 Å². The Morgan fingerprint density at radius 1 is 1.05 bits per heavy atom. The van der Waals surface area contributed by atoms with E-state index in [2.05, 4.69) is 55.5 Å². The lowest BCUT2D eigenvalue weighted by Crippen LogP contribution is -2.41. The molecule has 0 heterocycles. The predicted octanol–water partition coefficient (Wildman–Crippen LogP) is 4.63. The SMILES string of the molecule is Cc1cccc(CC2(O)CCCCC2c2ccccc2)c1. The molecular formula is C20H24O. The summed E-state index contributed by atoms with van der Waals surface area (Å²) in [6.45, 7) is 2.11. The van der Waals surface area contributed by atoms with Crippen molar-refractivity contribution in [2.24, 2.45) is 0 Å². The Labute approximate surface area is 127 Å². The third-order valence-corrected chi connectivity index (χ3v) is 4.80. The van der Waals surface area contributed by atoms with Crippen LogP contribution in [-0.4, -0.2) is 10.7 Å². The number of aryl methyl sites for hydroxylation is 1. The molecule has 0 aromatic heterocycles. The fourth-order valence-electron chi connectivity index (χ4n) is 3.77. The zero-order chi connectivity index (χ0) is 14.7. The largest absolute Gasteiger partial charge is 0.389 e. The Hall–Kier alpha value is -1.60. The number of hydrogen-bond donors (Lipinski definition) is 1. The van der Waals surface area contributed by atoms with E-state index in [9.17, 15) is 5.11 Å². The quantitative estimate of drug-likeness (QED) is 0.869. The van der Waals surface area contributed by atoms with Crippen LogP contribution in [0, 0.1) is 6.92 Å². The van der Waals surface area contributed by atoms with Crippen LogP contribution < -0.4 is 0 Å². The second-order valence-electron chi connectivity index (χ2n) is 6.48. The van der Waals surface area contributed by atoms with Gasteiger partial charge >= 0.3 is 0 Å². The molecule has 0 radical (unpaired) electrons. The summed E-state index contributed by atoms with van der Waals surface area (Å²) >= 11 is 0. The summed E-state index contributed by atoms with van der Waals surface area (Å²) in [5.74, 6) is 0.257. The Morgan fingerprint density at radius 3 is 2.62 bits per heavy atom. The van der Waals surface area contributed by atoms with Crippen LogP contribution in [0.15, 0.2) is 54.6 Å². The van der Waals surface area contributed by atoms with Crippen LogP contribution in [-0.2, 0) is 6.42 Å². The zero-order valence-corrected chi connectivity index (χ0v) is 12.8. The number of benzene rings is 2. The normalized spacial score (nSPS) is 25.7. The summed E-state index contributed by atoms with van der Waals surface area (Å²) in [6, 6.07) is 19.1. The maximum atomic E-state index is 11.3. The highest BCUT2D eigenvalue weighted by atomic mass is 16.3. The van der Waals surface area contributed by atoms with Crippen molar-refractivity contribution in [3.63, 3.8) is 0 Å². The van der Waals surface area contributed by atoms with E-state index < -0.39 is 5.60 Å². The molecule has 1 aliphatic carbocycles. The Kier molecular flexibility index (Phi) is 4.12. The van der Waals surface area contributed by atoms with Crippen LogP contribution >= 0.6 is 0 Å². The van der Waals surface area contributed by atoms with E-state index in [4.69, 9.17) is 0 Å². The molecule has 1 fully saturated rings. The van der Waals surface area contributed by atoms with Gasteiger partial charge in [0.15, 0.2) is 0 Å². The molecule has 110 valence electrons. The van der Waals surface area contributed by atoms with Crippen LogP contribution in [0.5, 0.6) is 0 Å². The van der Waals surface area contributed by atoms with Gasteiger partial charge in [-0.25, -0.2) is 0 Å². The molecule has 0 aliphatic heterocycles. The molecule has 1 N–H and O–H groups in total. The van der Waals surface area contributed by atoms with Crippen molar-refractivity contribution in [2.75, 3.05) is 0 Å². The number of aliphatic hydroxyl groups is 1. The minimum Gasteiger partial charge on any atom is -0.389 e. The van der Waals surface area contributed by atoms with Crippen LogP contribution in [0.2, 0.25) is 0 Å². The van der Waals surface area contributed by atoms with Gasteiger partial charge in [-0.05, 0) is 30.9 Å². The average molecular weight is 280 g/mol. The van der Waals surface area contributed by atoms with Gasteiger partial charge in [0.25, 0.3) is 0 Å². The molecule has 1 nitrogen and oxygen atoms in total. The van der Waals surface area contributed by atoms with Gasteiger partial charge in [0, 0.05) is 12.3 Å². The van der Waals surface area contributed by atoms with Gasteiger partial charge in [-0.2, -0.15) is 0 Å². The smallest absolute Gasteiger partial charge is 0.0756 e. The highest BCUT2D eigenvalue weighted by Crippen LogP contribution is 2.42. The molecule has 0 amide bonds. The van der Waals surface area contributed by atoms with E-state index in [1.54, 1.807) is 0 Å². The van der Waals surface area contributed by atoms with Crippen LogP contribution in [0.3, 0.4) is 0 Å². The second-order valence-corrected chi connectivity index (χ2v) is 6.48. The topological polar surface area (TPSA) is 20.2 Å². The lowest BCUT2D eigenvalue weighted by molar-refractivity contribution is -0.0167. The molecule has 1 saturated carbocycles. The zero-order valence-electron chi connectivity index (χ0n) is 12.8. The lowest BCUT2D eigenvalue weighted by atomic mass is 9.69. The van der Waals surface area contributed by atoms with Crippen molar-refractivity contribution in [1.29, 1.82) is 0 Å². The second kappa shape index (κ2) is 6.03. The molecule has 1 aliphatic rings. The maximum absolute atomic E-state index is 11.3. The van der Waals surface area contributed by atoms with E-state index in [0.717, 1.165) is 25.7 Å². The Balaban J connectivity index is 1.88. The van der Waals surface area contributed by atoms with E-state index in [-0.39, 0.29) is 5.92 Å². The summed E-state index contributed by atoms with van der Waals surface area (Å²) in [6.07, 6.45) is 5.10. The van der Waals surface area contributed by atoms with E-state index in [1.165, 1.54) is 23.1 Å². The van der Waals surface area contributed by atoms with E-state index in [1.807, 2.05) is 6.07 Å². The Morgan fingerprint density at radius 2 is 1.86 bits per heavy atom. The molecular weight excluding hydrogens is 256 g/mol. The maximum Gasteiger partial charge on any atom is 0.0756 e. The fraction of sp³-hybridized carbons (Fsp3) is 0.400. The molecule has 3 rings (SSSR count). The standard InChI is InChI=1S/C20H24O/c1-16-8-7-9-17(14-16)15-20(21)13-6-5-12-19(20)18-10-3-2-4-11-18/h2-4,7-11,14,19,21H,5-6,12-13,15H2,1H3. The monoisotopic (exact) mass is 280 g/mol. The molecule has 1 heteroatoms. The summed E-state index contributed by atoms with van der Waals surface area (Å²) in [7, 11) is 0. The van der Waals surface area contributed by atoms with Crippen molar-refractivity contribution < 1.29 is 5.11 Å². The lowest BCUT2D eigenvalue weighted by Gasteiger charge is -2.40. The third-order valence-electron chi connectivity index (χ3n) is 4.80. The molecule has 2 atom stereocenters. The summed E-state index contributed by atoms with van der Waals surface area (Å²) in [5, 5.41) is 11.3. The number of rotatable bonds is 3. The van der Waals surface area contributed by atoms with Crippen molar-refractivity contribution in [3.05, 3.63) is 71.3 Å². The first-order valence-corrected chi connectivity index (χ1v) is 8.00. The molecule has 21 heavy (non-hydrogen) atoms. The van der Waals surface area contributed by atoms with Crippen LogP contribution in [0.4, 0.5) is 0 Å². The van der Waals surface area contributed by atoms with Gasteiger partial charge in [-0.3, -0.25) is 0 Å². The Bertz CT molecular complexity index is 590. The van der Waals surface area contributed by atoms with E-state index in [0.29, 0.717) is 0 Å². The highest BCUT2D eigenvalue weighted by molar-refractivity contribution is 5.28. The van der Waals surface area contributed by atoms with Crippen molar-refractivity contribution in [1.82, 2.24) is 0 Å². The molecule has 0 saturated heterocycles. The van der Waals surface area contributed by atoms with Gasteiger partial charge in [-0.1, -0.05) is 73.0 Å². The van der Waals surface area contributed by atoms with Crippen molar-refractivity contribution >= 4 is 0 Å². The molecule has 2 aromatic carbocycles.